The summed E-state index contributed by atoms with van der Waals surface area (Å²) in [6.45, 7) is 0. The van der Waals surface area contributed by atoms with E-state index in [2.05, 4.69) is 41.1 Å². The lowest BCUT2D eigenvalue weighted by Gasteiger charge is -2.19. The number of benzene rings is 10. The maximum absolute atomic E-state index is 13.8. The molecule has 10 aromatic carbocycles. The average molecular weight is 1030 g/mol. The number of hydrogen-bond donors (Lipinski definition) is 6. The van der Waals surface area contributed by atoms with Crippen LogP contribution in [-0.4, -0.2) is 48.9 Å². The molecule has 6 N–H and O–H groups in total. The summed E-state index contributed by atoms with van der Waals surface area (Å²) in [6.07, 6.45) is 0. The number of para-hydroxylation sites is 2. The second-order valence-electron chi connectivity index (χ2n) is 18.3. The fourth-order valence-electron chi connectivity index (χ4n) is 9.74. The molecule has 0 saturated heterocycles. The summed E-state index contributed by atoms with van der Waals surface area (Å²) >= 11 is 0. The molecule has 0 radical (unpaired) electrons. The van der Waals surface area contributed by atoms with E-state index in [1.165, 1.54) is 48.5 Å². The van der Waals surface area contributed by atoms with Crippen LogP contribution in [0, 0.1) is 20.2 Å². The van der Waals surface area contributed by atoms with Gasteiger partial charge >= 0.3 is 0 Å². The number of non-ortho nitro benzene ring substituents is 2. The molecule has 12 rings (SSSR count). The number of nitro benzene ring substituents is 2. The Kier molecular flexibility index (Phi) is 11.7. The third kappa shape index (κ3) is 8.59. The fraction of sp³-hybridized carbons (Fsp3) is 0.0169. The summed E-state index contributed by atoms with van der Waals surface area (Å²) in [6, 6.07) is 51.6. The minimum atomic E-state index is -0.707. The van der Waals surface area contributed by atoms with Crippen molar-refractivity contribution in [2.24, 2.45) is 20.5 Å². The third-order valence-corrected chi connectivity index (χ3v) is 13.6. The highest BCUT2D eigenvalue weighted by molar-refractivity contribution is 6.24. The van der Waals surface area contributed by atoms with Crippen molar-refractivity contribution in [3.8, 4) is 11.5 Å². The van der Waals surface area contributed by atoms with Crippen molar-refractivity contribution in [1.29, 1.82) is 0 Å². The number of azo groups is 2. The molecule has 0 aliphatic carbocycles. The summed E-state index contributed by atoms with van der Waals surface area (Å²) < 4.78 is 0. The van der Waals surface area contributed by atoms with E-state index in [9.17, 15) is 40.0 Å². The lowest BCUT2D eigenvalue weighted by molar-refractivity contribution is -0.385. The van der Waals surface area contributed by atoms with Gasteiger partial charge in [-0.1, -0.05) is 72.8 Å². The lowest BCUT2D eigenvalue weighted by Crippen LogP contribution is -2.12. The van der Waals surface area contributed by atoms with E-state index in [0.717, 1.165) is 44.0 Å². The zero-order valence-corrected chi connectivity index (χ0v) is 40.8. The number of rotatable bonds is 12. The normalized spacial score (nSPS) is 11.7. The van der Waals surface area contributed by atoms with Crippen molar-refractivity contribution in [2.75, 3.05) is 22.6 Å². The van der Waals surface area contributed by atoms with Gasteiger partial charge in [0.05, 0.1) is 43.4 Å². The van der Waals surface area contributed by atoms with Crippen LogP contribution in [0.5, 0.6) is 11.5 Å². The molecular weight excluding hydrogens is 991 g/mol. The molecule has 0 spiro atoms. The molecule has 0 aliphatic heterocycles. The molecule has 0 atom stereocenters. The summed E-state index contributed by atoms with van der Waals surface area (Å²) in [5, 5.41) is 76.0. The summed E-state index contributed by atoms with van der Waals surface area (Å²) in [7, 11) is 1.88. The highest BCUT2D eigenvalue weighted by Crippen LogP contribution is 2.46. The number of aromatic amines is 2. The Morgan fingerprint density at radius 1 is 0.487 bits per heavy atom. The van der Waals surface area contributed by atoms with Crippen LogP contribution in [0.15, 0.2) is 202 Å². The smallest absolute Gasteiger partial charge is 0.271 e. The Morgan fingerprint density at radius 3 is 1.31 bits per heavy atom. The quantitative estimate of drug-likeness (QED) is 0.0385. The number of phenolic OH excluding ortho intramolecular Hbond substituents is 2. The molecule has 0 fully saturated rings. The largest absolute Gasteiger partial charge is 0.505 e. The molecule has 2 amide bonds. The van der Waals surface area contributed by atoms with Gasteiger partial charge in [0.1, 0.15) is 11.4 Å². The first kappa shape index (κ1) is 47.7. The maximum Gasteiger partial charge on any atom is 0.271 e. The Labute approximate surface area is 439 Å². The van der Waals surface area contributed by atoms with E-state index in [0.29, 0.717) is 44.0 Å². The van der Waals surface area contributed by atoms with E-state index in [-0.39, 0.29) is 45.3 Å². The number of fused-ring (bicyclic) bond motifs is 10. The maximum atomic E-state index is 13.8. The number of carbonyl (C=O) groups is 2. The average Bonchev–Trinajstić information content (AvgIpc) is 4.17. The summed E-state index contributed by atoms with van der Waals surface area (Å²) in [5.41, 5.74) is 5.32. The predicted octanol–water partition coefficient (Wildman–Crippen LogP) is 15.6. The molecule has 19 heteroatoms. The highest BCUT2D eigenvalue weighted by atomic mass is 16.6. The van der Waals surface area contributed by atoms with Crippen LogP contribution < -0.4 is 15.5 Å². The summed E-state index contributed by atoms with van der Waals surface area (Å²) in [5.74, 6) is -2.29. The third-order valence-electron chi connectivity index (χ3n) is 13.6. The van der Waals surface area contributed by atoms with E-state index < -0.39 is 33.2 Å². The SMILES string of the molecule is CN(c1ccc(N=Nc2c(O)c(C(=O)Nc3cccc([N+](=O)[O-])c3)cc3ccc4c5ccccc5[nH]c4c23)cc1)c1ccc(N=Nc2c(O)c(C(=O)Nc3cccc([N+](=O)[O-])c3)cc3ccc4c5ccccc5[nH]c4c23)cc1. The highest BCUT2D eigenvalue weighted by Gasteiger charge is 2.24. The van der Waals surface area contributed by atoms with Crippen molar-refractivity contribution in [1.82, 2.24) is 9.97 Å². The van der Waals surface area contributed by atoms with Gasteiger partial charge in [0.2, 0.25) is 0 Å². The van der Waals surface area contributed by atoms with E-state index in [1.807, 2.05) is 109 Å². The van der Waals surface area contributed by atoms with Crippen molar-refractivity contribution in [2.45, 2.75) is 0 Å². The standard InChI is InChI=1S/C59H39N11O8/c1-68(38-22-18-34(19-23-38)64-66-54-50-32(16-26-44-42-12-2-4-14-48(42)62-52(44)50)28-46(56(54)71)58(73)60-36-8-6-10-40(30-36)69(75)76)39-24-20-35(21-25-39)65-67-55-51-33(17-27-45-43-13-3-5-15-49(43)63-53(45)51)29-47(57(55)72)59(74)61-37-9-7-11-41(31-37)70(77)78/h2-31,62-63,71-72H,1H3,(H,60,73)(H,61,74). The number of nitrogens with zero attached hydrogens (tertiary/aromatic N) is 7. The van der Waals surface area contributed by atoms with Crippen LogP contribution in [0.4, 0.5) is 56.9 Å². The number of aromatic hydroxyl groups is 2. The molecule has 0 aliphatic rings. The Balaban J connectivity index is 0.833. The first-order valence-corrected chi connectivity index (χ1v) is 24.1. The second kappa shape index (κ2) is 19.2. The number of carbonyl (C=O) groups excluding carboxylic acids is 2. The first-order chi connectivity index (χ1) is 37.9. The van der Waals surface area contributed by atoms with Gasteiger partial charge in [-0.2, -0.15) is 10.2 Å². The molecule has 0 saturated carbocycles. The molecule has 378 valence electrons. The van der Waals surface area contributed by atoms with Crippen molar-refractivity contribution in [3.63, 3.8) is 0 Å². The number of phenols is 2. The van der Waals surface area contributed by atoms with Gasteiger partial charge in [-0.15, -0.1) is 10.2 Å². The van der Waals surface area contributed by atoms with Gasteiger partial charge in [-0.3, -0.25) is 29.8 Å². The molecule has 12 aromatic rings. The van der Waals surface area contributed by atoms with Crippen molar-refractivity contribution >= 4 is 134 Å². The second-order valence-corrected chi connectivity index (χ2v) is 18.3. The van der Waals surface area contributed by atoms with Gasteiger partial charge in [0.15, 0.2) is 11.5 Å². The predicted molar refractivity (Wildman–Crippen MR) is 301 cm³/mol. The zero-order chi connectivity index (χ0) is 53.8. The van der Waals surface area contributed by atoms with Crippen LogP contribution in [0.2, 0.25) is 0 Å². The topological polar surface area (TPSA) is 269 Å². The number of anilines is 4. The molecule has 2 aromatic heterocycles. The van der Waals surface area contributed by atoms with Crippen LogP contribution in [-0.2, 0) is 0 Å². The Hall–Kier alpha value is -11.3. The number of H-pyrrole nitrogens is 2. The number of nitrogens with one attached hydrogen (secondary N) is 4. The van der Waals surface area contributed by atoms with E-state index >= 15 is 0 Å². The molecule has 2 heterocycles. The minimum absolute atomic E-state index is 0.0400. The van der Waals surface area contributed by atoms with Gasteiger partial charge in [0, 0.05) is 97.4 Å². The lowest BCUT2D eigenvalue weighted by atomic mass is 10.00. The first-order valence-electron chi connectivity index (χ1n) is 24.1. The number of nitro groups is 2. The molecule has 19 nitrogen and oxygen atoms in total. The van der Waals surface area contributed by atoms with Crippen LogP contribution in [0.1, 0.15) is 20.7 Å². The molecule has 0 bridgehead atoms. The zero-order valence-electron chi connectivity index (χ0n) is 40.8. The molecule has 0 unspecified atom stereocenters. The molecule has 78 heavy (non-hydrogen) atoms. The van der Waals surface area contributed by atoms with Crippen molar-refractivity contribution in [3.05, 3.63) is 213 Å². The number of hydrogen-bond acceptors (Lipinski definition) is 13. The summed E-state index contributed by atoms with van der Waals surface area (Å²) in [4.78, 5) is 58.1. The van der Waals surface area contributed by atoms with Crippen LogP contribution in [0.3, 0.4) is 0 Å². The van der Waals surface area contributed by atoms with E-state index in [4.69, 9.17) is 0 Å². The van der Waals surface area contributed by atoms with Gasteiger partial charge in [-0.25, -0.2) is 0 Å². The Bertz CT molecular complexity index is 4260. The fourth-order valence-corrected chi connectivity index (χ4v) is 9.74. The van der Waals surface area contributed by atoms with Crippen molar-refractivity contribution < 1.29 is 29.6 Å². The van der Waals surface area contributed by atoms with Crippen LogP contribution >= 0.6 is 0 Å². The van der Waals surface area contributed by atoms with Crippen LogP contribution in [0.25, 0.3) is 65.2 Å². The van der Waals surface area contributed by atoms with Gasteiger partial charge in [-0.05, 0) is 95.7 Å². The monoisotopic (exact) mass is 1030 g/mol. The van der Waals surface area contributed by atoms with Gasteiger partial charge < -0.3 is 35.7 Å². The van der Waals surface area contributed by atoms with Gasteiger partial charge in [0.25, 0.3) is 23.2 Å². The molecular formula is C59H39N11O8. The van der Waals surface area contributed by atoms with E-state index in [1.54, 1.807) is 36.4 Å². The number of amides is 2. The minimum Gasteiger partial charge on any atom is -0.505 e. The number of aromatic nitrogens is 2. The Morgan fingerprint density at radius 2 is 0.897 bits per heavy atom.